The van der Waals surface area contributed by atoms with Crippen LogP contribution in [0.1, 0.15) is 32.3 Å². The molecule has 6 rings (SSSR count). The lowest BCUT2D eigenvalue weighted by Gasteiger charge is -2.63. The van der Waals surface area contributed by atoms with Gasteiger partial charge in [0.2, 0.25) is 5.60 Å². The molecule has 1 aliphatic carbocycles. The van der Waals surface area contributed by atoms with Gasteiger partial charge in [0.15, 0.2) is 6.10 Å². The van der Waals surface area contributed by atoms with Gasteiger partial charge in [0.25, 0.3) is 5.69 Å². The van der Waals surface area contributed by atoms with Crippen LogP contribution in [0.3, 0.4) is 0 Å². The quantitative estimate of drug-likeness (QED) is 0.161. The Morgan fingerprint density at radius 1 is 1.16 bits per heavy atom. The van der Waals surface area contributed by atoms with Crippen molar-refractivity contribution in [2.45, 2.75) is 55.9 Å². The molecule has 13 nitrogen and oxygen atoms in total. The molecule has 2 aromatic rings. The van der Waals surface area contributed by atoms with Crippen LogP contribution in [0, 0.1) is 15.5 Å². The van der Waals surface area contributed by atoms with E-state index in [0.29, 0.717) is 43.1 Å². The van der Waals surface area contributed by atoms with E-state index in [2.05, 4.69) is 15.1 Å². The lowest BCUT2D eigenvalue weighted by molar-refractivity contribution is -0.384. The van der Waals surface area contributed by atoms with Gasteiger partial charge in [-0.2, -0.15) is 5.11 Å². The molecule has 2 aromatic carbocycles. The van der Waals surface area contributed by atoms with E-state index in [1.165, 1.54) is 45.4 Å². The van der Waals surface area contributed by atoms with Crippen LogP contribution in [0.15, 0.2) is 58.8 Å². The number of carbonyl (C=O) groups is 2. The Morgan fingerprint density at radius 3 is 2.50 bits per heavy atom. The van der Waals surface area contributed by atoms with Gasteiger partial charge in [0, 0.05) is 61.3 Å². The van der Waals surface area contributed by atoms with Gasteiger partial charge in [-0.15, -0.1) is 5.11 Å². The summed E-state index contributed by atoms with van der Waals surface area (Å²) in [7, 11) is 4.55. The van der Waals surface area contributed by atoms with Gasteiger partial charge in [-0.05, 0) is 43.1 Å². The number of azo groups is 1. The summed E-state index contributed by atoms with van der Waals surface area (Å²) in [4.78, 5) is 41.2. The van der Waals surface area contributed by atoms with Crippen LogP contribution in [0.25, 0.3) is 0 Å². The third-order valence-electron chi connectivity index (χ3n) is 10.0. The van der Waals surface area contributed by atoms with Crippen molar-refractivity contribution < 1.29 is 33.8 Å². The summed E-state index contributed by atoms with van der Waals surface area (Å²) in [5.74, 6) is -1.06. The number of methoxy groups -OCH3 is 2. The monoisotopic (exact) mass is 605 g/mol. The van der Waals surface area contributed by atoms with Crippen molar-refractivity contribution in [3.63, 3.8) is 0 Å². The molecule has 44 heavy (non-hydrogen) atoms. The Hall–Kier alpha value is -4.36. The normalized spacial score (nSPS) is 31.8. The molecule has 1 saturated heterocycles. The minimum absolute atomic E-state index is 0.0542. The molecule has 0 aromatic heterocycles. The number of ether oxygens (including phenoxy) is 3. The maximum atomic E-state index is 13.8. The second-order valence-corrected chi connectivity index (χ2v) is 11.9. The van der Waals surface area contributed by atoms with Crippen LogP contribution >= 0.6 is 0 Å². The van der Waals surface area contributed by atoms with E-state index in [-0.39, 0.29) is 11.7 Å². The number of hydrogen-bond donors (Lipinski definition) is 1. The van der Waals surface area contributed by atoms with Gasteiger partial charge in [-0.1, -0.05) is 19.1 Å². The van der Waals surface area contributed by atoms with E-state index in [9.17, 15) is 24.8 Å². The highest BCUT2D eigenvalue weighted by Gasteiger charge is 2.80. The first-order chi connectivity index (χ1) is 21.0. The third-order valence-corrected chi connectivity index (χ3v) is 10.0. The minimum Gasteiger partial charge on any atom is -0.494 e. The van der Waals surface area contributed by atoms with Gasteiger partial charge < -0.3 is 24.2 Å². The number of carbonyl (C=O) groups excluding carboxylic acids is 2. The second-order valence-electron chi connectivity index (χ2n) is 11.9. The number of rotatable bonds is 7. The van der Waals surface area contributed by atoms with E-state index in [0.717, 1.165) is 11.3 Å². The van der Waals surface area contributed by atoms with Gasteiger partial charge in [0.1, 0.15) is 11.4 Å². The number of fused-ring (bicyclic) bond motifs is 1. The van der Waals surface area contributed by atoms with Crippen molar-refractivity contribution in [2.75, 3.05) is 39.3 Å². The Balaban J connectivity index is 1.57. The molecule has 0 radical (unpaired) electrons. The molecule has 3 heterocycles. The van der Waals surface area contributed by atoms with Gasteiger partial charge in [-0.3, -0.25) is 19.8 Å². The summed E-state index contributed by atoms with van der Waals surface area (Å²) < 4.78 is 16.9. The fourth-order valence-electron chi connectivity index (χ4n) is 8.57. The highest BCUT2D eigenvalue weighted by molar-refractivity contribution is 5.87. The Labute approximate surface area is 254 Å². The molecule has 0 bridgehead atoms. The van der Waals surface area contributed by atoms with Crippen LogP contribution in [0.2, 0.25) is 0 Å². The van der Waals surface area contributed by atoms with E-state index in [1.807, 2.05) is 43.2 Å². The zero-order valence-corrected chi connectivity index (χ0v) is 25.2. The summed E-state index contributed by atoms with van der Waals surface area (Å²) in [6, 6.07) is 8.36. The number of anilines is 1. The predicted molar refractivity (Wildman–Crippen MR) is 158 cm³/mol. The zero-order chi connectivity index (χ0) is 31.6. The molecule has 232 valence electrons. The highest BCUT2D eigenvalue weighted by Crippen LogP contribution is 2.68. The summed E-state index contributed by atoms with van der Waals surface area (Å²) in [6.45, 7) is 4.62. The maximum absolute atomic E-state index is 13.8. The molecule has 13 heteroatoms. The van der Waals surface area contributed by atoms with Crippen molar-refractivity contribution in [1.29, 1.82) is 0 Å². The van der Waals surface area contributed by atoms with Crippen molar-refractivity contribution in [3.8, 4) is 5.75 Å². The maximum Gasteiger partial charge on any atom is 0.344 e. The number of benzene rings is 2. The van der Waals surface area contributed by atoms with Crippen molar-refractivity contribution >= 4 is 34.7 Å². The molecular formula is C31H35N5O8. The first-order valence-electron chi connectivity index (χ1n) is 14.5. The third kappa shape index (κ3) is 3.84. The molecule has 2 fully saturated rings. The van der Waals surface area contributed by atoms with Crippen LogP contribution in [-0.4, -0.2) is 85.0 Å². The van der Waals surface area contributed by atoms with Crippen molar-refractivity contribution in [3.05, 3.63) is 64.2 Å². The van der Waals surface area contributed by atoms with E-state index >= 15 is 0 Å². The topological polar surface area (TPSA) is 156 Å². The molecule has 0 amide bonds. The Kier molecular flexibility index (Phi) is 7.00. The Bertz CT molecular complexity index is 1590. The zero-order valence-electron chi connectivity index (χ0n) is 25.2. The number of non-ortho nitro benzene ring substituents is 1. The predicted octanol–water partition coefficient (Wildman–Crippen LogP) is 3.96. The lowest BCUT2D eigenvalue weighted by Crippen LogP contribution is -2.81. The minimum atomic E-state index is -2.23. The van der Waals surface area contributed by atoms with Crippen LogP contribution in [0.5, 0.6) is 5.75 Å². The first kappa shape index (κ1) is 29.7. The van der Waals surface area contributed by atoms with E-state index < -0.39 is 45.4 Å². The number of nitrogens with zero attached hydrogens (tertiary/aromatic N) is 5. The average Bonchev–Trinajstić information content (AvgIpc) is 3.53. The largest absolute Gasteiger partial charge is 0.494 e. The molecule has 1 unspecified atom stereocenters. The molecular weight excluding hydrogens is 570 g/mol. The van der Waals surface area contributed by atoms with Gasteiger partial charge in [0.05, 0.1) is 30.9 Å². The number of nitro groups is 1. The highest BCUT2D eigenvalue weighted by atomic mass is 16.6. The van der Waals surface area contributed by atoms with E-state index in [1.54, 1.807) is 0 Å². The summed E-state index contributed by atoms with van der Waals surface area (Å²) in [5, 5.41) is 32.6. The van der Waals surface area contributed by atoms with Crippen LogP contribution in [0.4, 0.5) is 22.7 Å². The summed E-state index contributed by atoms with van der Waals surface area (Å²) >= 11 is 0. The SMILES string of the molecule is CC[C@]12C=CCN3CCC4(c5cc(N=Nc6ccc([N+](=O)[O-])cc6)c(OC)cc5N(C)[C@H]4[C@@](O)(C(=O)OC)[C@@H]1OC(C)=O)[C@@H]32. The molecule has 1 spiro atoms. The molecule has 1 saturated carbocycles. The fraction of sp³-hybridized carbons (Fsp3) is 0.484. The number of nitro benzene ring substituents is 1. The summed E-state index contributed by atoms with van der Waals surface area (Å²) in [5.41, 5.74) is -1.54. The van der Waals surface area contributed by atoms with Crippen LogP contribution in [-0.2, 0) is 24.5 Å². The number of likely N-dealkylation sites (N-methyl/N-ethyl adjacent to an activating group) is 1. The molecule has 3 aliphatic heterocycles. The van der Waals surface area contributed by atoms with E-state index in [4.69, 9.17) is 14.2 Å². The van der Waals surface area contributed by atoms with Crippen LogP contribution < -0.4 is 9.64 Å². The number of aliphatic hydroxyl groups is 1. The first-order valence-corrected chi connectivity index (χ1v) is 14.5. The average molecular weight is 606 g/mol. The number of esters is 2. The Morgan fingerprint density at radius 2 is 1.89 bits per heavy atom. The summed E-state index contributed by atoms with van der Waals surface area (Å²) in [6.07, 6.45) is 3.91. The lowest BCUT2D eigenvalue weighted by atomic mass is 9.47. The number of hydrogen-bond acceptors (Lipinski definition) is 12. The van der Waals surface area contributed by atoms with Crippen molar-refractivity contribution in [2.24, 2.45) is 15.6 Å². The fourth-order valence-corrected chi connectivity index (χ4v) is 8.57. The second kappa shape index (κ2) is 10.4. The van der Waals surface area contributed by atoms with Gasteiger partial charge >= 0.3 is 11.9 Å². The molecule has 1 N–H and O–H groups in total. The van der Waals surface area contributed by atoms with Crippen molar-refractivity contribution in [1.82, 2.24) is 4.90 Å². The van der Waals surface area contributed by atoms with Gasteiger partial charge in [-0.25, -0.2) is 4.79 Å². The molecule has 4 aliphatic rings. The standard InChI is InChI=1S/C31H35N5O8/c1-6-29-12-7-14-35-15-13-30(25(29)35)21-16-22(33-32-19-8-10-20(11-9-19)36(40)41)24(42-4)17-23(21)34(3)26(30)31(39,28(38)43-5)27(29)44-18(2)37/h7-12,16-17,25-27,39H,6,13-15H2,1-5H3/t25-,26+,27+,29+,30?,31-/m0/s1. The molecule has 6 atom stereocenters. The smallest absolute Gasteiger partial charge is 0.344 e.